The monoisotopic (exact) mass is 355 g/mol. The molecule has 110 valence electrons. The molecule has 0 aliphatic heterocycles. The first-order chi connectivity index (χ1) is 10.1. The number of nitrogens with one attached hydrogen (secondary N) is 1. The van der Waals surface area contributed by atoms with E-state index >= 15 is 0 Å². The molecule has 0 unspecified atom stereocenters. The lowest BCUT2D eigenvalue weighted by molar-refractivity contribution is -0.385. The van der Waals surface area contributed by atoms with Crippen LogP contribution in [0.4, 0.5) is 11.5 Å². The molecule has 21 heavy (non-hydrogen) atoms. The van der Waals surface area contributed by atoms with Crippen molar-refractivity contribution in [3.8, 4) is 17.4 Å². The number of nitrogens with two attached hydrogens (primary N) is 1. The fraction of sp³-hybridized carbons (Fsp3) is 0.0909. The largest absolute Gasteiger partial charge is 0.489 e. The SMILES string of the molecule is COc1c(NN)ncnc1Oc1cccc([N+](=O)[O-])c1Br. The number of hydrazine groups is 1. The molecule has 0 saturated carbocycles. The summed E-state index contributed by atoms with van der Waals surface area (Å²) in [5.74, 6) is 6.00. The number of nitrogens with zero attached hydrogens (tertiary/aromatic N) is 3. The first kappa shape index (κ1) is 14.9. The Labute approximate surface area is 127 Å². The van der Waals surface area contributed by atoms with Crippen molar-refractivity contribution in [2.24, 2.45) is 5.84 Å². The topological polar surface area (TPSA) is 125 Å². The summed E-state index contributed by atoms with van der Waals surface area (Å²) in [7, 11) is 1.40. The smallest absolute Gasteiger partial charge is 0.287 e. The lowest BCUT2D eigenvalue weighted by Gasteiger charge is -2.12. The fourth-order valence-electron chi connectivity index (χ4n) is 1.54. The van der Waals surface area contributed by atoms with Crippen LogP contribution in [0, 0.1) is 10.1 Å². The molecule has 0 spiro atoms. The molecule has 0 aliphatic rings. The zero-order valence-corrected chi connectivity index (χ0v) is 12.3. The number of halogens is 1. The third-order valence-electron chi connectivity index (χ3n) is 2.46. The fourth-order valence-corrected chi connectivity index (χ4v) is 2.03. The zero-order valence-electron chi connectivity index (χ0n) is 10.7. The molecule has 10 heteroatoms. The van der Waals surface area contributed by atoms with E-state index < -0.39 is 4.92 Å². The van der Waals surface area contributed by atoms with Gasteiger partial charge in [0.25, 0.3) is 11.6 Å². The van der Waals surface area contributed by atoms with E-state index in [1.807, 2.05) is 0 Å². The van der Waals surface area contributed by atoms with Crippen LogP contribution in [-0.4, -0.2) is 22.0 Å². The van der Waals surface area contributed by atoms with Crippen molar-refractivity contribution in [1.29, 1.82) is 0 Å². The van der Waals surface area contributed by atoms with E-state index in [9.17, 15) is 10.1 Å². The third kappa shape index (κ3) is 3.01. The van der Waals surface area contributed by atoms with Gasteiger partial charge in [-0.2, -0.15) is 4.98 Å². The second-order valence-electron chi connectivity index (χ2n) is 3.65. The Morgan fingerprint density at radius 3 is 2.81 bits per heavy atom. The van der Waals surface area contributed by atoms with Crippen molar-refractivity contribution >= 4 is 27.4 Å². The summed E-state index contributed by atoms with van der Waals surface area (Å²) in [5, 5.41) is 10.9. The molecule has 1 aromatic heterocycles. The quantitative estimate of drug-likeness (QED) is 0.475. The second kappa shape index (κ2) is 6.33. The van der Waals surface area contributed by atoms with Crippen LogP contribution in [0.5, 0.6) is 17.4 Å². The Hall–Kier alpha value is -2.46. The van der Waals surface area contributed by atoms with Crippen LogP contribution in [0.2, 0.25) is 0 Å². The molecule has 0 aliphatic carbocycles. The molecule has 1 aromatic carbocycles. The Kier molecular flexibility index (Phi) is 4.50. The highest BCUT2D eigenvalue weighted by atomic mass is 79.9. The van der Waals surface area contributed by atoms with Crippen LogP contribution in [0.3, 0.4) is 0 Å². The minimum atomic E-state index is -0.527. The van der Waals surface area contributed by atoms with Gasteiger partial charge in [0.15, 0.2) is 11.6 Å². The van der Waals surface area contributed by atoms with Gasteiger partial charge in [-0.05, 0) is 22.0 Å². The highest BCUT2D eigenvalue weighted by Gasteiger charge is 2.19. The van der Waals surface area contributed by atoms with Gasteiger partial charge in [-0.3, -0.25) is 10.1 Å². The number of nitro groups is 1. The molecule has 9 nitrogen and oxygen atoms in total. The van der Waals surface area contributed by atoms with Crippen LogP contribution >= 0.6 is 15.9 Å². The van der Waals surface area contributed by atoms with Gasteiger partial charge in [0.05, 0.1) is 12.0 Å². The maximum atomic E-state index is 10.9. The maximum Gasteiger partial charge on any atom is 0.287 e. The first-order valence-electron chi connectivity index (χ1n) is 5.54. The van der Waals surface area contributed by atoms with Gasteiger partial charge in [-0.1, -0.05) is 6.07 Å². The number of anilines is 1. The summed E-state index contributed by atoms with van der Waals surface area (Å²) >= 11 is 3.13. The number of rotatable bonds is 5. The van der Waals surface area contributed by atoms with Crippen molar-refractivity contribution in [2.45, 2.75) is 0 Å². The first-order valence-corrected chi connectivity index (χ1v) is 6.34. The summed E-state index contributed by atoms with van der Waals surface area (Å²) in [6.45, 7) is 0. The number of nitrogen functional groups attached to an aromatic ring is 1. The lowest BCUT2D eigenvalue weighted by atomic mass is 10.3. The Bertz CT molecular complexity index is 682. The van der Waals surface area contributed by atoms with Gasteiger partial charge in [0, 0.05) is 6.07 Å². The van der Waals surface area contributed by atoms with Gasteiger partial charge < -0.3 is 14.9 Å². The molecular weight excluding hydrogens is 346 g/mol. The molecular formula is C11H10BrN5O4. The number of hydrogen-bond acceptors (Lipinski definition) is 8. The minimum absolute atomic E-state index is 0.0710. The van der Waals surface area contributed by atoms with Gasteiger partial charge in [0.1, 0.15) is 10.8 Å². The van der Waals surface area contributed by atoms with E-state index in [0.717, 1.165) is 0 Å². The minimum Gasteiger partial charge on any atom is -0.489 e. The van der Waals surface area contributed by atoms with Crippen molar-refractivity contribution in [3.63, 3.8) is 0 Å². The number of hydrogen-bond donors (Lipinski definition) is 2. The second-order valence-corrected chi connectivity index (χ2v) is 4.45. The summed E-state index contributed by atoms with van der Waals surface area (Å²) in [5.41, 5.74) is 2.21. The number of nitro benzene ring substituents is 1. The summed E-state index contributed by atoms with van der Waals surface area (Å²) in [4.78, 5) is 18.2. The van der Waals surface area contributed by atoms with E-state index in [-0.39, 0.29) is 33.4 Å². The van der Waals surface area contributed by atoms with Gasteiger partial charge in [0.2, 0.25) is 5.75 Å². The molecule has 3 N–H and O–H groups in total. The average molecular weight is 356 g/mol. The van der Waals surface area contributed by atoms with Crippen molar-refractivity contribution in [2.75, 3.05) is 12.5 Å². The number of benzene rings is 1. The normalized spacial score (nSPS) is 10.0. The van der Waals surface area contributed by atoms with Crippen LogP contribution in [0.1, 0.15) is 0 Å². The number of aromatic nitrogens is 2. The van der Waals surface area contributed by atoms with Gasteiger partial charge in [-0.25, -0.2) is 10.8 Å². The molecule has 2 rings (SSSR count). The maximum absolute atomic E-state index is 10.9. The predicted octanol–water partition coefficient (Wildman–Crippen LogP) is 2.23. The van der Waals surface area contributed by atoms with E-state index in [0.29, 0.717) is 0 Å². The molecule has 0 radical (unpaired) electrons. The van der Waals surface area contributed by atoms with Crippen molar-refractivity contribution < 1.29 is 14.4 Å². The Morgan fingerprint density at radius 2 is 2.19 bits per heavy atom. The van der Waals surface area contributed by atoms with Crippen LogP contribution in [0.25, 0.3) is 0 Å². The highest BCUT2D eigenvalue weighted by Crippen LogP contribution is 2.39. The average Bonchev–Trinajstić information content (AvgIpc) is 2.48. The van der Waals surface area contributed by atoms with E-state index in [2.05, 4.69) is 31.3 Å². The third-order valence-corrected chi connectivity index (χ3v) is 3.26. The highest BCUT2D eigenvalue weighted by molar-refractivity contribution is 9.10. The van der Waals surface area contributed by atoms with E-state index in [4.69, 9.17) is 15.3 Å². The standard InChI is InChI=1S/C11H10BrN5O4/c1-20-9-10(16-13)14-5-15-11(9)21-7-4-2-3-6(8(7)12)17(18)19/h2-5H,13H2,1H3,(H,14,15,16). The molecule has 0 fully saturated rings. The predicted molar refractivity (Wildman–Crippen MR) is 77.3 cm³/mol. The zero-order chi connectivity index (χ0) is 15.4. The Balaban J connectivity index is 2.44. The summed E-state index contributed by atoms with van der Waals surface area (Å²) in [6, 6.07) is 4.39. The molecule has 0 amide bonds. The van der Waals surface area contributed by atoms with Gasteiger partial charge >= 0.3 is 0 Å². The van der Waals surface area contributed by atoms with Crippen molar-refractivity contribution in [1.82, 2.24) is 9.97 Å². The number of methoxy groups -OCH3 is 1. The Morgan fingerprint density at radius 1 is 1.43 bits per heavy atom. The summed E-state index contributed by atoms with van der Waals surface area (Å²) < 4.78 is 10.8. The van der Waals surface area contributed by atoms with Gasteiger partial charge in [-0.15, -0.1) is 0 Å². The van der Waals surface area contributed by atoms with E-state index in [1.165, 1.54) is 25.6 Å². The van der Waals surface area contributed by atoms with Crippen LogP contribution in [0.15, 0.2) is 29.0 Å². The molecule has 0 saturated heterocycles. The molecule has 0 bridgehead atoms. The molecule has 2 aromatic rings. The lowest BCUT2D eigenvalue weighted by Crippen LogP contribution is -2.11. The number of ether oxygens (including phenoxy) is 2. The van der Waals surface area contributed by atoms with Crippen LogP contribution in [-0.2, 0) is 0 Å². The van der Waals surface area contributed by atoms with E-state index in [1.54, 1.807) is 6.07 Å². The van der Waals surface area contributed by atoms with Crippen LogP contribution < -0.4 is 20.7 Å². The molecule has 1 heterocycles. The molecule has 0 atom stereocenters. The summed E-state index contributed by atoms with van der Waals surface area (Å²) in [6.07, 6.45) is 1.22. The van der Waals surface area contributed by atoms with Crippen molar-refractivity contribution in [3.05, 3.63) is 39.1 Å².